The fourth-order valence-corrected chi connectivity index (χ4v) is 2.55. The molecule has 110 valence electrons. The number of anilines is 1. The molecule has 0 atom stereocenters. The highest BCUT2D eigenvalue weighted by atomic mass is 32.1. The monoisotopic (exact) mass is 285 g/mol. The zero-order valence-electron chi connectivity index (χ0n) is 12.6. The Kier molecular flexibility index (Phi) is 7.93. The summed E-state index contributed by atoms with van der Waals surface area (Å²) in [5.41, 5.74) is 0. The molecule has 19 heavy (non-hydrogen) atoms. The lowest BCUT2D eigenvalue weighted by Crippen LogP contribution is -2.31. The van der Waals surface area contributed by atoms with E-state index in [1.807, 2.05) is 0 Å². The van der Waals surface area contributed by atoms with E-state index in [-0.39, 0.29) is 0 Å². The van der Waals surface area contributed by atoms with Crippen molar-refractivity contribution >= 4 is 16.5 Å². The summed E-state index contributed by atoms with van der Waals surface area (Å²) in [6, 6.07) is 0. The second-order valence-corrected chi connectivity index (χ2v) is 6.07. The van der Waals surface area contributed by atoms with Gasteiger partial charge in [0.15, 0.2) is 0 Å². The summed E-state index contributed by atoms with van der Waals surface area (Å²) in [5.74, 6) is 0. The number of rotatable bonds is 10. The molecule has 0 spiro atoms. The highest BCUT2D eigenvalue weighted by molar-refractivity contribution is 7.15. The van der Waals surface area contributed by atoms with Crippen LogP contribution in [0.2, 0.25) is 0 Å². The van der Waals surface area contributed by atoms with Gasteiger partial charge in [0.25, 0.3) is 0 Å². The van der Waals surface area contributed by atoms with Gasteiger partial charge in [0, 0.05) is 19.6 Å². The highest BCUT2D eigenvalue weighted by Gasteiger charge is 2.10. The van der Waals surface area contributed by atoms with Crippen LogP contribution in [0.5, 0.6) is 0 Å². The van der Waals surface area contributed by atoms with Gasteiger partial charge in [-0.1, -0.05) is 25.2 Å². The number of nitrogens with zero attached hydrogens (tertiary/aromatic N) is 4. The van der Waals surface area contributed by atoms with E-state index < -0.39 is 0 Å². The summed E-state index contributed by atoms with van der Waals surface area (Å²) in [6.07, 6.45) is 2.28. The van der Waals surface area contributed by atoms with Crippen LogP contribution in [-0.2, 0) is 6.54 Å². The predicted molar refractivity (Wildman–Crippen MR) is 82.8 cm³/mol. The van der Waals surface area contributed by atoms with Crippen LogP contribution in [0.4, 0.5) is 5.13 Å². The Hall–Kier alpha value is -0.720. The molecular formula is C13H27N5S. The molecule has 0 aliphatic carbocycles. The van der Waals surface area contributed by atoms with E-state index in [9.17, 15) is 0 Å². The molecule has 6 heteroatoms. The maximum atomic E-state index is 4.27. The summed E-state index contributed by atoms with van der Waals surface area (Å²) in [6.45, 7) is 9.53. The second-order valence-electron chi connectivity index (χ2n) is 5.01. The maximum Gasteiger partial charge on any atom is 0.205 e. The lowest BCUT2D eigenvalue weighted by Gasteiger charge is -2.22. The third-order valence-corrected chi connectivity index (χ3v) is 3.62. The van der Waals surface area contributed by atoms with E-state index >= 15 is 0 Å². The van der Waals surface area contributed by atoms with E-state index in [4.69, 9.17) is 0 Å². The van der Waals surface area contributed by atoms with Crippen molar-refractivity contribution in [3.8, 4) is 0 Å². The summed E-state index contributed by atoms with van der Waals surface area (Å²) >= 11 is 1.67. The average molecular weight is 285 g/mol. The molecule has 0 saturated carbocycles. The molecule has 5 nitrogen and oxygen atoms in total. The van der Waals surface area contributed by atoms with Gasteiger partial charge < -0.3 is 10.2 Å². The van der Waals surface area contributed by atoms with Crippen molar-refractivity contribution in [3.63, 3.8) is 0 Å². The van der Waals surface area contributed by atoms with Crippen LogP contribution in [-0.4, -0.2) is 60.3 Å². The first-order valence-corrected chi connectivity index (χ1v) is 7.90. The van der Waals surface area contributed by atoms with Crippen LogP contribution in [0.1, 0.15) is 31.7 Å². The molecule has 1 N–H and O–H groups in total. The Morgan fingerprint density at radius 2 is 1.84 bits per heavy atom. The zero-order chi connectivity index (χ0) is 14.1. The standard InChI is InChI=1S/C13H27N5S/c1-5-7-14-13-16-15-12(19-13)11-18(8-6-2)10-9-17(3)4/h5-11H2,1-4H3,(H,14,16). The smallest absolute Gasteiger partial charge is 0.205 e. The Labute approximate surface area is 121 Å². The zero-order valence-corrected chi connectivity index (χ0v) is 13.5. The summed E-state index contributed by atoms with van der Waals surface area (Å²) in [4.78, 5) is 4.67. The third-order valence-electron chi connectivity index (χ3n) is 2.76. The van der Waals surface area contributed by atoms with Gasteiger partial charge in [-0.05, 0) is 33.5 Å². The first kappa shape index (κ1) is 16.3. The van der Waals surface area contributed by atoms with Gasteiger partial charge in [-0.25, -0.2) is 0 Å². The van der Waals surface area contributed by atoms with Crippen molar-refractivity contribution in [2.45, 2.75) is 33.2 Å². The lowest BCUT2D eigenvalue weighted by atomic mass is 10.4. The second kappa shape index (κ2) is 9.23. The van der Waals surface area contributed by atoms with E-state index in [0.717, 1.165) is 49.3 Å². The number of aromatic nitrogens is 2. The quantitative estimate of drug-likeness (QED) is 0.713. The minimum atomic E-state index is 0.910. The summed E-state index contributed by atoms with van der Waals surface area (Å²) < 4.78 is 0. The molecule has 0 aliphatic heterocycles. The van der Waals surface area contributed by atoms with Crippen molar-refractivity contribution in [1.82, 2.24) is 20.0 Å². The number of likely N-dealkylation sites (N-methyl/N-ethyl adjacent to an activating group) is 1. The van der Waals surface area contributed by atoms with Crippen molar-refractivity contribution in [2.75, 3.05) is 45.6 Å². The van der Waals surface area contributed by atoms with E-state index in [1.165, 1.54) is 6.42 Å². The van der Waals surface area contributed by atoms with Crippen molar-refractivity contribution in [3.05, 3.63) is 5.01 Å². The van der Waals surface area contributed by atoms with E-state index in [1.54, 1.807) is 11.3 Å². The van der Waals surface area contributed by atoms with Crippen LogP contribution in [0.25, 0.3) is 0 Å². The molecule has 1 aromatic rings. The van der Waals surface area contributed by atoms with Gasteiger partial charge in [-0.15, -0.1) is 10.2 Å². The van der Waals surface area contributed by atoms with E-state index in [2.05, 4.69) is 53.3 Å². The van der Waals surface area contributed by atoms with Gasteiger partial charge in [0.2, 0.25) is 5.13 Å². The van der Waals surface area contributed by atoms with Gasteiger partial charge in [0.05, 0.1) is 6.54 Å². The molecule has 0 unspecified atom stereocenters. The third kappa shape index (κ3) is 6.84. The Morgan fingerprint density at radius 3 is 2.47 bits per heavy atom. The van der Waals surface area contributed by atoms with Crippen LogP contribution >= 0.6 is 11.3 Å². The molecule has 0 aliphatic rings. The minimum Gasteiger partial charge on any atom is -0.360 e. The Morgan fingerprint density at radius 1 is 1.05 bits per heavy atom. The normalized spacial score (nSPS) is 11.5. The summed E-state index contributed by atoms with van der Waals surface area (Å²) in [5, 5.41) is 13.8. The number of nitrogens with one attached hydrogen (secondary N) is 1. The molecule has 0 bridgehead atoms. The molecule has 1 heterocycles. The fourth-order valence-electron chi connectivity index (χ4n) is 1.74. The van der Waals surface area contributed by atoms with Crippen molar-refractivity contribution in [1.29, 1.82) is 0 Å². The van der Waals surface area contributed by atoms with Gasteiger partial charge in [-0.2, -0.15) is 0 Å². The Bertz CT molecular complexity index is 340. The predicted octanol–water partition coefficient (Wildman–Crippen LogP) is 2.13. The molecule has 0 aromatic carbocycles. The molecule has 0 saturated heterocycles. The minimum absolute atomic E-state index is 0.910. The van der Waals surface area contributed by atoms with Crippen molar-refractivity contribution < 1.29 is 0 Å². The van der Waals surface area contributed by atoms with Crippen LogP contribution in [0.15, 0.2) is 0 Å². The highest BCUT2D eigenvalue weighted by Crippen LogP contribution is 2.16. The lowest BCUT2D eigenvalue weighted by molar-refractivity contribution is 0.233. The first-order valence-electron chi connectivity index (χ1n) is 7.09. The average Bonchev–Trinajstić information content (AvgIpc) is 2.81. The molecule has 1 rings (SSSR count). The number of hydrogen-bond acceptors (Lipinski definition) is 6. The van der Waals surface area contributed by atoms with Crippen LogP contribution in [0, 0.1) is 0 Å². The molecule has 0 amide bonds. The first-order chi connectivity index (χ1) is 9.15. The topological polar surface area (TPSA) is 44.3 Å². The van der Waals surface area contributed by atoms with Gasteiger partial charge >= 0.3 is 0 Å². The van der Waals surface area contributed by atoms with Gasteiger partial charge in [0.1, 0.15) is 5.01 Å². The summed E-state index contributed by atoms with van der Waals surface area (Å²) in [7, 11) is 4.23. The Balaban J connectivity index is 2.45. The van der Waals surface area contributed by atoms with Gasteiger partial charge in [-0.3, -0.25) is 4.90 Å². The molecule has 1 aromatic heterocycles. The van der Waals surface area contributed by atoms with Crippen LogP contribution in [0.3, 0.4) is 0 Å². The number of hydrogen-bond donors (Lipinski definition) is 1. The van der Waals surface area contributed by atoms with Crippen LogP contribution < -0.4 is 5.32 Å². The van der Waals surface area contributed by atoms with Crippen molar-refractivity contribution in [2.24, 2.45) is 0 Å². The molecular weight excluding hydrogens is 258 g/mol. The molecule has 0 radical (unpaired) electrons. The fraction of sp³-hybridized carbons (Fsp3) is 0.846. The molecule has 0 fully saturated rings. The van der Waals surface area contributed by atoms with E-state index in [0.29, 0.717) is 0 Å². The largest absolute Gasteiger partial charge is 0.360 e. The maximum absolute atomic E-state index is 4.27. The SMILES string of the molecule is CCCNc1nnc(CN(CCC)CCN(C)C)s1.